The molecule has 4 heteroatoms. The zero-order valence-electron chi connectivity index (χ0n) is 13.6. The van der Waals surface area contributed by atoms with Gasteiger partial charge in [-0.2, -0.15) is 0 Å². The van der Waals surface area contributed by atoms with Crippen LogP contribution >= 0.6 is 11.6 Å². The predicted molar refractivity (Wildman–Crippen MR) is 89.1 cm³/mol. The monoisotopic (exact) mass is 332 g/mol. The van der Waals surface area contributed by atoms with Gasteiger partial charge in [0, 0.05) is 23.4 Å². The average Bonchev–Trinajstić information content (AvgIpc) is 2.46. The lowest BCUT2D eigenvalue weighted by molar-refractivity contribution is -0.133. The molecule has 0 aliphatic heterocycles. The first-order valence-electron chi connectivity index (χ1n) is 8.24. The number of ketones is 3. The lowest BCUT2D eigenvalue weighted by Crippen LogP contribution is -2.36. The number of Topliss-reactive ketones (excluding diaryl/α,β-unsaturated/α-hetero) is 3. The topological polar surface area (TPSA) is 51.2 Å². The number of carbonyl (C=O) groups excluding carboxylic acids is 3. The van der Waals surface area contributed by atoms with Gasteiger partial charge in [0.1, 0.15) is 5.92 Å². The molecule has 1 aromatic rings. The maximum atomic E-state index is 12.9. The summed E-state index contributed by atoms with van der Waals surface area (Å²) in [5, 5.41) is 0.669. The summed E-state index contributed by atoms with van der Waals surface area (Å²) in [6.45, 7) is 4.25. The zero-order valence-corrected chi connectivity index (χ0v) is 14.3. The maximum absolute atomic E-state index is 12.9. The minimum absolute atomic E-state index is 0.0957. The molecule has 0 N–H and O–H groups in total. The van der Waals surface area contributed by atoms with Gasteiger partial charge in [0.15, 0.2) is 17.3 Å². The molecular weight excluding hydrogens is 312 g/mol. The van der Waals surface area contributed by atoms with Gasteiger partial charge in [-0.15, -0.1) is 0 Å². The third-order valence-corrected chi connectivity index (χ3v) is 5.50. The van der Waals surface area contributed by atoms with Crippen molar-refractivity contribution in [2.45, 2.75) is 57.8 Å². The number of rotatable bonds is 2. The van der Waals surface area contributed by atoms with Crippen molar-refractivity contribution in [1.82, 2.24) is 0 Å². The Morgan fingerprint density at radius 2 is 1.74 bits per heavy atom. The summed E-state index contributed by atoms with van der Waals surface area (Å²) in [6.07, 6.45) is 3.97. The van der Waals surface area contributed by atoms with Crippen LogP contribution < -0.4 is 0 Å². The minimum atomic E-state index is -1.10. The molecule has 0 spiro atoms. The summed E-state index contributed by atoms with van der Waals surface area (Å²) in [4.78, 5) is 37.2. The fourth-order valence-electron chi connectivity index (χ4n) is 4.03. The first kappa shape index (κ1) is 16.4. The van der Waals surface area contributed by atoms with Gasteiger partial charge in [-0.25, -0.2) is 0 Å². The fraction of sp³-hybridized carbons (Fsp3) is 0.526. The second kappa shape index (κ2) is 5.86. The Bertz CT molecular complexity index is 687. The number of carbonyl (C=O) groups is 3. The summed E-state index contributed by atoms with van der Waals surface area (Å²) in [7, 11) is 0. The van der Waals surface area contributed by atoms with Gasteiger partial charge in [-0.05, 0) is 54.4 Å². The van der Waals surface area contributed by atoms with Gasteiger partial charge >= 0.3 is 0 Å². The Morgan fingerprint density at radius 1 is 1.09 bits per heavy atom. The Morgan fingerprint density at radius 3 is 2.39 bits per heavy atom. The SMILES string of the molecule is CC1(C)CCCc2c(C(=O)C3C(=O)CCCC3=O)ccc(Cl)c21. The van der Waals surface area contributed by atoms with Crippen LogP contribution in [0.3, 0.4) is 0 Å². The predicted octanol–water partition coefficient (Wildman–Crippen LogP) is 4.07. The summed E-state index contributed by atoms with van der Waals surface area (Å²) < 4.78 is 0. The summed E-state index contributed by atoms with van der Waals surface area (Å²) in [5.74, 6) is -1.89. The molecule has 0 amide bonds. The van der Waals surface area contributed by atoms with Gasteiger partial charge in [0.05, 0.1) is 0 Å². The third-order valence-electron chi connectivity index (χ3n) is 5.19. The van der Waals surface area contributed by atoms with E-state index in [1.165, 1.54) is 0 Å². The van der Waals surface area contributed by atoms with Crippen LogP contribution in [0.25, 0.3) is 0 Å². The number of fused-ring (bicyclic) bond motifs is 1. The van der Waals surface area contributed by atoms with Crippen LogP contribution in [0.15, 0.2) is 12.1 Å². The largest absolute Gasteiger partial charge is 0.298 e. The fourth-order valence-corrected chi connectivity index (χ4v) is 4.46. The molecule has 0 heterocycles. The second-order valence-electron chi connectivity index (χ2n) is 7.27. The highest BCUT2D eigenvalue weighted by Crippen LogP contribution is 2.42. The van der Waals surface area contributed by atoms with Gasteiger partial charge < -0.3 is 0 Å². The molecule has 3 rings (SSSR count). The third kappa shape index (κ3) is 2.76. The smallest absolute Gasteiger partial charge is 0.181 e. The van der Waals surface area contributed by atoms with E-state index in [0.29, 0.717) is 29.8 Å². The van der Waals surface area contributed by atoms with E-state index in [4.69, 9.17) is 11.6 Å². The van der Waals surface area contributed by atoms with Gasteiger partial charge in [-0.1, -0.05) is 25.4 Å². The highest BCUT2D eigenvalue weighted by atomic mass is 35.5. The van der Waals surface area contributed by atoms with Crippen molar-refractivity contribution in [3.05, 3.63) is 33.8 Å². The van der Waals surface area contributed by atoms with Crippen LogP contribution in [0.4, 0.5) is 0 Å². The molecule has 0 bridgehead atoms. The van der Waals surface area contributed by atoms with Crippen molar-refractivity contribution in [3.63, 3.8) is 0 Å². The normalized spacial score (nSPS) is 21.2. The quantitative estimate of drug-likeness (QED) is 0.606. The van der Waals surface area contributed by atoms with E-state index >= 15 is 0 Å². The van der Waals surface area contributed by atoms with Crippen LogP contribution in [0.2, 0.25) is 5.02 Å². The Hall–Kier alpha value is -1.48. The summed E-state index contributed by atoms with van der Waals surface area (Å²) >= 11 is 6.40. The van der Waals surface area contributed by atoms with Crippen molar-refractivity contribution >= 4 is 29.0 Å². The molecular formula is C19H21ClO3. The molecule has 1 saturated carbocycles. The van der Waals surface area contributed by atoms with Crippen LogP contribution in [0.1, 0.15) is 67.4 Å². The van der Waals surface area contributed by atoms with Crippen molar-refractivity contribution in [3.8, 4) is 0 Å². The van der Waals surface area contributed by atoms with Crippen molar-refractivity contribution in [2.24, 2.45) is 5.92 Å². The van der Waals surface area contributed by atoms with E-state index in [1.807, 2.05) is 0 Å². The first-order chi connectivity index (χ1) is 10.8. The summed E-state index contributed by atoms with van der Waals surface area (Å²) in [6, 6.07) is 3.43. The van der Waals surface area contributed by atoms with Gasteiger partial charge in [0.25, 0.3) is 0 Å². The number of hydrogen-bond acceptors (Lipinski definition) is 3. The number of benzene rings is 1. The van der Waals surface area contributed by atoms with Crippen molar-refractivity contribution < 1.29 is 14.4 Å². The molecule has 2 aliphatic rings. The molecule has 2 aliphatic carbocycles. The Labute approximate surface area is 141 Å². The molecule has 0 aromatic heterocycles. The number of halogens is 1. The molecule has 0 radical (unpaired) electrons. The maximum Gasteiger partial charge on any atom is 0.181 e. The van der Waals surface area contributed by atoms with E-state index in [-0.39, 0.29) is 22.8 Å². The van der Waals surface area contributed by atoms with E-state index in [2.05, 4.69) is 13.8 Å². The van der Waals surface area contributed by atoms with Crippen molar-refractivity contribution in [1.29, 1.82) is 0 Å². The molecule has 122 valence electrons. The number of hydrogen-bond donors (Lipinski definition) is 0. The van der Waals surface area contributed by atoms with Crippen LogP contribution in [-0.4, -0.2) is 17.3 Å². The highest BCUT2D eigenvalue weighted by Gasteiger charge is 2.39. The van der Waals surface area contributed by atoms with E-state index < -0.39 is 5.92 Å². The van der Waals surface area contributed by atoms with E-state index in [9.17, 15) is 14.4 Å². The molecule has 0 saturated heterocycles. The second-order valence-corrected chi connectivity index (χ2v) is 7.68. The lowest BCUT2D eigenvalue weighted by Gasteiger charge is -2.35. The lowest BCUT2D eigenvalue weighted by atomic mass is 9.70. The first-order valence-corrected chi connectivity index (χ1v) is 8.62. The Kier molecular flexibility index (Phi) is 4.18. The molecule has 1 fully saturated rings. The van der Waals surface area contributed by atoms with Gasteiger partial charge in [-0.3, -0.25) is 14.4 Å². The van der Waals surface area contributed by atoms with Crippen LogP contribution in [-0.2, 0) is 21.4 Å². The van der Waals surface area contributed by atoms with Crippen molar-refractivity contribution in [2.75, 3.05) is 0 Å². The summed E-state index contributed by atoms with van der Waals surface area (Å²) in [5.41, 5.74) is 2.37. The molecule has 23 heavy (non-hydrogen) atoms. The van der Waals surface area contributed by atoms with Crippen LogP contribution in [0, 0.1) is 5.92 Å². The molecule has 0 unspecified atom stereocenters. The highest BCUT2D eigenvalue weighted by molar-refractivity contribution is 6.32. The molecule has 3 nitrogen and oxygen atoms in total. The van der Waals surface area contributed by atoms with Gasteiger partial charge in [0.2, 0.25) is 0 Å². The molecule has 1 aromatic carbocycles. The average molecular weight is 333 g/mol. The van der Waals surface area contributed by atoms with E-state index in [0.717, 1.165) is 30.4 Å². The van der Waals surface area contributed by atoms with Crippen LogP contribution in [0.5, 0.6) is 0 Å². The standard InChI is InChI=1S/C19H21ClO3/c1-19(2)10-4-5-11-12(8-9-13(20)17(11)19)18(23)16-14(21)6-3-7-15(16)22/h8-9,16H,3-7,10H2,1-2H3. The Balaban J connectivity index is 2.09. The zero-order chi connectivity index (χ0) is 16.8. The van der Waals surface area contributed by atoms with E-state index in [1.54, 1.807) is 12.1 Å². The molecule has 0 atom stereocenters. The minimum Gasteiger partial charge on any atom is -0.298 e.